The van der Waals surface area contributed by atoms with E-state index in [0.29, 0.717) is 17.4 Å². The fourth-order valence-electron chi connectivity index (χ4n) is 3.05. The minimum absolute atomic E-state index is 0.0663. The number of anilines is 1. The van der Waals surface area contributed by atoms with Crippen LogP contribution in [0.2, 0.25) is 0 Å². The molecule has 23 heavy (non-hydrogen) atoms. The minimum atomic E-state index is -0.490. The highest BCUT2D eigenvalue weighted by molar-refractivity contribution is 5.95. The zero-order valence-electron chi connectivity index (χ0n) is 13.8. The smallest absolute Gasteiger partial charge is 0.282 e. The van der Waals surface area contributed by atoms with Crippen LogP contribution in [0.5, 0.6) is 5.75 Å². The lowest BCUT2D eigenvalue weighted by molar-refractivity contribution is -0.922. The van der Waals surface area contributed by atoms with Crippen LogP contribution < -0.4 is 15.0 Å². The molecule has 1 unspecified atom stereocenters. The molecular formula is C16H24N3O4+. The maximum Gasteiger partial charge on any atom is 0.282 e. The van der Waals surface area contributed by atoms with E-state index in [2.05, 4.69) is 12.2 Å². The standard InChI is InChI=1S/C16H23N3O4/c1-11-5-4-8-18(10-11)12(2)16(20)17-14-7-6-13(19(21)22)9-15(14)23-3/h6-7,9,11-12H,4-5,8,10H2,1-3H3,(H,17,20)/p+1/t11-,12+/m1/s1. The number of nitro benzene ring substituents is 1. The van der Waals surface area contributed by atoms with Crippen molar-refractivity contribution >= 4 is 17.3 Å². The number of ether oxygens (including phenoxy) is 1. The van der Waals surface area contributed by atoms with Gasteiger partial charge in [0.1, 0.15) is 5.75 Å². The molecule has 126 valence electrons. The molecular weight excluding hydrogens is 298 g/mol. The number of nitro groups is 1. The van der Waals surface area contributed by atoms with Crippen LogP contribution >= 0.6 is 0 Å². The molecule has 7 nitrogen and oxygen atoms in total. The molecule has 0 spiro atoms. The van der Waals surface area contributed by atoms with Crippen molar-refractivity contribution in [3.63, 3.8) is 0 Å². The van der Waals surface area contributed by atoms with Crippen molar-refractivity contribution in [2.24, 2.45) is 5.92 Å². The van der Waals surface area contributed by atoms with Crippen molar-refractivity contribution in [2.45, 2.75) is 32.7 Å². The number of amides is 1. The number of rotatable bonds is 5. The number of hydrogen-bond donors (Lipinski definition) is 2. The summed E-state index contributed by atoms with van der Waals surface area (Å²) in [5, 5.41) is 13.6. The molecule has 1 aromatic carbocycles. The molecule has 0 aliphatic carbocycles. The molecule has 1 saturated heterocycles. The number of nitrogens with one attached hydrogen (secondary N) is 2. The predicted molar refractivity (Wildman–Crippen MR) is 86.8 cm³/mol. The van der Waals surface area contributed by atoms with Crippen molar-refractivity contribution in [1.82, 2.24) is 0 Å². The highest BCUT2D eigenvalue weighted by Gasteiger charge is 2.29. The Morgan fingerprint density at radius 3 is 2.87 bits per heavy atom. The Kier molecular flexibility index (Phi) is 5.54. The molecule has 3 atom stereocenters. The van der Waals surface area contributed by atoms with E-state index in [4.69, 9.17) is 4.74 Å². The Morgan fingerprint density at radius 1 is 1.52 bits per heavy atom. The van der Waals surface area contributed by atoms with Crippen LogP contribution in [0.25, 0.3) is 0 Å². The molecule has 0 radical (unpaired) electrons. The average Bonchev–Trinajstić information content (AvgIpc) is 2.54. The maximum absolute atomic E-state index is 12.5. The minimum Gasteiger partial charge on any atom is -0.494 e. The Labute approximate surface area is 135 Å². The number of likely N-dealkylation sites (tertiary alicyclic amines) is 1. The van der Waals surface area contributed by atoms with Gasteiger partial charge in [-0.2, -0.15) is 0 Å². The van der Waals surface area contributed by atoms with E-state index >= 15 is 0 Å². The van der Waals surface area contributed by atoms with Crippen molar-refractivity contribution in [3.8, 4) is 5.75 Å². The zero-order valence-corrected chi connectivity index (χ0v) is 13.8. The molecule has 2 N–H and O–H groups in total. The second kappa shape index (κ2) is 7.41. The molecule has 7 heteroatoms. The van der Waals surface area contributed by atoms with Crippen molar-refractivity contribution in [3.05, 3.63) is 28.3 Å². The molecule has 2 rings (SSSR count). The van der Waals surface area contributed by atoms with E-state index < -0.39 is 4.92 Å². The monoisotopic (exact) mass is 322 g/mol. The molecule has 1 fully saturated rings. The van der Waals surface area contributed by atoms with E-state index in [9.17, 15) is 14.9 Å². The number of carbonyl (C=O) groups excluding carboxylic acids is 1. The number of benzene rings is 1. The van der Waals surface area contributed by atoms with Crippen LogP contribution in [0.4, 0.5) is 11.4 Å². The van der Waals surface area contributed by atoms with Crippen molar-refractivity contribution in [1.29, 1.82) is 0 Å². The number of nitrogens with zero attached hydrogens (tertiary/aromatic N) is 1. The Balaban J connectivity index is 2.08. The molecule has 0 saturated carbocycles. The quantitative estimate of drug-likeness (QED) is 0.631. The van der Waals surface area contributed by atoms with Gasteiger partial charge in [-0.05, 0) is 25.8 Å². The molecule has 1 amide bonds. The lowest BCUT2D eigenvalue weighted by Crippen LogP contribution is -3.17. The fourth-order valence-corrected chi connectivity index (χ4v) is 3.05. The topological polar surface area (TPSA) is 85.9 Å². The SMILES string of the molecule is COc1cc([N+](=O)[O-])ccc1NC(=O)[C@H](C)[NH+]1CCC[C@@H](C)C1. The van der Waals surface area contributed by atoms with Gasteiger partial charge in [0.15, 0.2) is 6.04 Å². The summed E-state index contributed by atoms with van der Waals surface area (Å²) in [7, 11) is 1.43. The van der Waals surface area contributed by atoms with Crippen LogP contribution in [-0.2, 0) is 4.79 Å². The zero-order chi connectivity index (χ0) is 17.0. The molecule has 1 heterocycles. The Hall–Kier alpha value is -2.15. The van der Waals surface area contributed by atoms with Gasteiger partial charge in [0.05, 0.1) is 36.9 Å². The fraction of sp³-hybridized carbons (Fsp3) is 0.562. The second-order valence-electron chi connectivity index (χ2n) is 6.21. The third-order valence-corrected chi connectivity index (χ3v) is 4.46. The summed E-state index contributed by atoms with van der Waals surface area (Å²) in [6.45, 7) is 6.12. The molecule has 1 aliphatic heterocycles. The van der Waals surface area contributed by atoms with Gasteiger partial charge in [0, 0.05) is 12.0 Å². The third-order valence-electron chi connectivity index (χ3n) is 4.46. The largest absolute Gasteiger partial charge is 0.494 e. The number of methoxy groups -OCH3 is 1. The van der Waals surface area contributed by atoms with Gasteiger partial charge in [-0.3, -0.25) is 14.9 Å². The summed E-state index contributed by atoms with van der Waals surface area (Å²) in [6.07, 6.45) is 2.35. The van der Waals surface area contributed by atoms with Crippen molar-refractivity contribution in [2.75, 3.05) is 25.5 Å². The Bertz CT molecular complexity index is 591. The number of piperidine rings is 1. The van der Waals surface area contributed by atoms with Gasteiger partial charge >= 0.3 is 0 Å². The number of non-ortho nitro benzene ring substituents is 1. The summed E-state index contributed by atoms with van der Waals surface area (Å²) in [4.78, 5) is 24.1. The highest BCUT2D eigenvalue weighted by atomic mass is 16.6. The number of hydrogen-bond acceptors (Lipinski definition) is 4. The van der Waals surface area contributed by atoms with E-state index in [0.717, 1.165) is 19.5 Å². The van der Waals surface area contributed by atoms with Gasteiger partial charge < -0.3 is 15.0 Å². The summed E-state index contributed by atoms with van der Waals surface area (Å²) in [5.41, 5.74) is 0.391. The molecule has 1 aliphatic rings. The summed E-state index contributed by atoms with van der Waals surface area (Å²) in [6, 6.07) is 4.02. The van der Waals surface area contributed by atoms with E-state index in [1.165, 1.54) is 36.6 Å². The van der Waals surface area contributed by atoms with Crippen LogP contribution in [0.3, 0.4) is 0 Å². The first kappa shape index (κ1) is 17.2. The number of carbonyl (C=O) groups is 1. The summed E-state index contributed by atoms with van der Waals surface area (Å²) < 4.78 is 5.15. The first-order valence-corrected chi connectivity index (χ1v) is 7.90. The molecule has 0 aromatic heterocycles. The van der Waals surface area contributed by atoms with Gasteiger partial charge in [0.25, 0.3) is 11.6 Å². The second-order valence-corrected chi connectivity index (χ2v) is 6.21. The third kappa shape index (κ3) is 4.19. The Morgan fingerprint density at radius 2 is 2.26 bits per heavy atom. The van der Waals surface area contributed by atoms with E-state index in [1.807, 2.05) is 6.92 Å². The van der Waals surface area contributed by atoms with Gasteiger partial charge in [0.2, 0.25) is 0 Å². The predicted octanol–water partition coefficient (Wildman–Crippen LogP) is 1.25. The van der Waals surface area contributed by atoms with Crippen LogP contribution in [0.1, 0.15) is 26.7 Å². The first-order valence-electron chi connectivity index (χ1n) is 7.90. The van der Waals surface area contributed by atoms with Gasteiger partial charge in [-0.25, -0.2) is 0 Å². The van der Waals surface area contributed by atoms with Gasteiger partial charge in [-0.15, -0.1) is 0 Å². The molecule has 1 aromatic rings. The first-order chi connectivity index (χ1) is 10.9. The normalized spacial score (nSPS) is 22.2. The summed E-state index contributed by atoms with van der Waals surface area (Å²) >= 11 is 0. The van der Waals surface area contributed by atoms with Crippen molar-refractivity contribution < 1.29 is 19.4 Å². The lowest BCUT2D eigenvalue weighted by atomic mass is 9.99. The number of quaternary nitrogens is 1. The summed E-state index contributed by atoms with van der Waals surface area (Å²) in [5.74, 6) is 0.825. The van der Waals surface area contributed by atoms with Crippen LogP contribution in [-0.4, -0.2) is 37.1 Å². The maximum atomic E-state index is 12.5. The lowest BCUT2D eigenvalue weighted by Gasteiger charge is -2.31. The van der Waals surface area contributed by atoms with Crippen LogP contribution in [0.15, 0.2) is 18.2 Å². The van der Waals surface area contributed by atoms with Crippen LogP contribution in [0, 0.1) is 16.0 Å². The van der Waals surface area contributed by atoms with E-state index in [-0.39, 0.29) is 17.6 Å². The van der Waals surface area contributed by atoms with E-state index in [1.54, 1.807) is 0 Å². The molecule has 0 bridgehead atoms. The average molecular weight is 322 g/mol. The highest BCUT2D eigenvalue weighted by Crippen LogP contribution is 2.29. The van der Waals surface area contributed by atoms with Gasteiger partial charge in [-0.1, -0.05) is 6.92 Å².